The summed E-state index contributed by atoms with van der Waals surface area (Å²) in [5, 5.41) is 3.98. The van der Waals surface area contributed by atoms with E-state index in [1.165, 1.54) is 0 Å². The van der Waals surface area contributed by atoms with Crippen molar-refractivity contribution in [2.24, 2.45) is 5.73 Å². The lowest BCUT2D eigenvalue weighted by Gasteiger charge is -2.41. The Morgan fingerprint density at radius 3 is 2.50 bits per heavy atom. The topological polar surface area (TPSA) is 55.1 Å². The molecule has 1 aromatic carbocycles. The normalized spacial score (nSPS) is 15.9. The third kappa shape index (κ3) is 3.40. The second-order valence-electron chi connectivity index (χ2n) is 4.96. The minimum atomic E-state index is -0.428. The molecule has 0 radical (unpaired) electrons. The molecule has 6 heteroatoms. The number of benzene rings is 1. The molecule has 2 rings (SSSR count). The molecule has 3 nitrogen and oxygen atoms in total. The highest BCUT2D eigenvalue weighted by Crippen LogP contribution is 2.45. The maximum Gasteiger partial charge on any atom is 0.230 e. The predicted molar refractivity (Wildman–Crippen MR) is 85.9 cm³/mol. The van der Waals surface area contributed by atoms with E-state index in [-0.39, 0.29) is 18.3 Å². The van der Waals surface area contributed by atoms with Crippen LogP contribution in [0.4, 0.5) is 0 Å². The zero-order valence-corrected chi connectivity index (χ0v) is 13.5. The van der Waals surface area contributed by atoms with Crippen molar-refractivity contribution in [2.75, 3.05) is 13.1 Å². The van der Waals surface area contributed by atoms with Gasteiger partial charge in [0.25, 0.3) is 0 Å². The summed E-state index contributed by atoms with van der Waals surface area (Å²) in [6.45, 7) is 1.21. The molecule has 1 fully saturated rings. The summed E-state index contributed by atoms with van der Waals surface area (Å²) < 4.78 is 0. The van der Waals surface area contributed by atoms with Crippen LogP contribution in [0.2, 0.25) is 10.0 Å². The Morgan fingerprint density at radius 1 is 1.30 bits per heavy atom. The maximum absolute atomic E-state index is 12.4. The molecular weight excluding hydrogens is 319 g/mol. The van der Waals surface area contributed by atoms with E-state index in [0.29, 0.717) is 23.1 Å². The zero-order valence-electron chi connectivity index (χ0n) is 11.1. The monoisotopic (exact) mass is 336 g/mol. The van der Waals surface area contributed by atoms with Gasteiger partial charge in [-0.2, -0.15) is 0 Å². The largest absolute Gasteiger partial charge is 0.355 e. The van der Waals surface area contributed by atoms with Crippen molar-refractivity contribution in [3.05, 3.63) is 33.8 Å². The van der Waals surface area contributed by atoms with E-state index in [4.69, 9.17) is 28.9 Å². The molecule has 1 amide bonds. The molecule has 0 saturated heterocycles. The Labute approximate surface area is 135 Å². The minimum absolute atomic E-state index is 0. The number of halogens is 3. The lowest BCUT2D eigenvalue weighted by molar-refractivity contribution is -0.129. The molecule has 1 aliphatic carbocycles. The Bertz CT molecular complexity index is 475. The molecule has 1 aromatic rings. The van der Waals surface area contributed by atoms with Crippen LogP contribution in [0.1, 0.15) is 31.2 Å². The number of amides is 1. The van der Waals surface area contributed by atoms with E-state index in [2.05, 4.69) is 5.32 Å². The number of rotatable bonds is 5. The van der Waals surface area contributed by atoms with Crippen molar-refractivity contribution in [3.8, 4) is 0 Å². The first-order valence-corrected chi connectivity index (χ1v) is 7.29. The van der Waals surface area contributed by atoms with Crippen LogP contribution in [0.25, 0.3) is 0 Å². The van der Waals surface area contributed by atoms with Crippen molar-refractivity contribution < 1.29 is 4.79 Å². The van der Waals surface area contributed by atoms with Crippen LogP contribution in [0.3, 0.4) is 0 Å². The van der Waals surface area contributed by atoms with Gasteiger partial charge in [-0.1, -0.05) is 35.7 Å². The van der Waals surface area contributed by atoms with Gasteiger partial charge in [0.1, 0.15) is 0 Å². The average Bonchev–Trinajstić information content (AvgIpc) is 2.32. The van der Waals surface area contributed by atoms with Gasteiger partial charge in [0.05, 0.1) is 15.5 Å². The molecule has 0 aromatic heterocycles. The number of nitrogens with one attached hydrogen (secondary N) is 1. The predicted octanol–water partition coefficient (Wildman–Crippen LogP) is 3.30. The van der Waals surface area contributed by atoms with Crippen LogP contribution in [0.15, 0.2) is 18.2 Å². The van der Waals surface area contributed by atoms with Crippen molar-refractivity contribution in [1.29, 1.82) is 0 Å². The van der Waals surface area contributed by atoms with Crippen LogP contribution < -0.4 is 11.1 Å². The van der Waals surface area contributed by atoms with E-state index in [0.717, 1.165) is 31.2 Å². The summed E-state index contributed by atoms with van der Waals surface area (Å²) in [5.74, 6) is 0.0746. The minimum Gasteiger partial charge on any atom is -0.355 e. The van der Waals surface area contributed by atoms with Gasteiger partial charge in [0.2, 0.25) is 5.91 Å². The smallest absolute Gasteiger partial charge is 0.230 e. The van der Waals surface area contributed by atoms with Gasteiger partial charge in [0.15, 0.2) is 0 Å². The molecule has 0 aliphatic heterocycles. The van der Waals surface area contributed by atoms with Gasteiger partial charge < -0.3 is 11.1 Å². The molecule has 0 heterocycles. The van der Waals surface area contributed by atoms with Crippen LogP contribution >= 0.6 is 35.6 Å². The Morgan fingerprint density at radius 2 is 2.00 bits per heavy atom. The fourth-order valence-corrected chi connectivity index (χ4v) is 2.74. The second kappa shape index (κ2) is 7.51. The Kier molecular flexibility index (Phi) is 6.59. The van der Waals surface area contributed by atoms with Gasteiger partial charge in [-0.25, -0.2) is 0 Å². The molecule has 20 heavy (non-hydrogen) atoms. The van der Waals surface area contributed by atoms with Gasteiger partial charge in [-0.3, -0.25) is 4.79 Å². The molecule has 3 N–H and O–H groups in total. The number of hydrogen-bond acceptors (Lipinski definition) is 2. The second-order valence-corrected chi connectivity index (χ2v) is 5.78. The summed E-state index contributed by atoms with van der Waals surface area (Å²) in [7, 11) is 0. The molecule has 1 aliphatic rings. The summed E-state index contributed by atoms with van der Waals surface area (Å²) in [5.41, 5.74) is 5.96. The van der Waals surface area contributed by atoms with E-state index < -0.39 is 5.41 Å². The van der Waals surface area contributed by atoms with Crippen LogP contribution in [-0.2, 0) is 10.2 Å². The van der Waals surface area contributed by atoms with Gasteiger partial charge in [-0.05, 0) is 43.5 Å². The number of hydrogen-bond donors (Lipinski definition) is 2. The summed E-state index contributed by atoms with van der Waals surface area (Å²) in [6.07, 6.45) is 3.58. The van der Waals surface area contributed by atoms with Crippen LogP contribution in [0.5, 0.6) is 0 Å². The first-order valence-electron chi connectivity index (χ1n) is 6.54. The lowest BCUT2D eigenvalue weighted by Crippen LogP contribution is -2.49. The molecule has 0 bridgehead atoms. The van der Waals surface area contributed by atoms with Crippen molar-refractivity contribution in [1.82, 2.24) is 5.32 Å². The molecule has 0 atom stereocenters. The highest BCUT2D eigenvalue weighted by molar-refractivity contribution is 6.42. The zero-order chi connectivity index (χ0) is 13.9. The third-order valence-corrected chi connectivity index (χ3v) is 4.52. The Hall–Kier alpha value is -0.480. The average molecular weight is 338 g/mol. The quantitative estimate of drug-likeness (QED) is 0.810. The van der Waals surface area contributed by atoms with Gasteiger partial charge >= 0.3 is 0 Å². The Balaban J connectivity index is 0.00000200. The molecule has 112 valence electrons. The highest BCUT2D eigenvalue weighted by atomic mass is 35.5. The first-order chi connectivity index (χ1) is 9.10. The molecule has 0 unspecified atom stereocenters. The first kappa shape index (κ1) is 17.6. The van der Waals surface area contributed by atoms with Gasteiger partial charge in [0, 0.05) is 6.54 Å². The highest BCUT2D eigenvalue weighted by Gasteiger charge is 2.45. The number of carbonyl (C=O) groups excluding carboxylic acids is 1. The maximum atomic E-state index is 12.4. The fraction of sp³-hybridized carbons (Fsp3) is 0.500. The van der Waals surface area contributed by atoms with Crippen LogP contribution in [0, 0.1) is 0 Å². The van der Waals surface area contributed by atoms with Crippen molar-refractivity contribution >= 4 is 41.5 Å². The van der Waals surface area contributed by atoms with E-state index in [9.17, 15) is 4.79 Å². The van der Waals surface area contributed by atoms with Gasteiger partial charge in [-0.15, -0.1) is 12.4 Å². The lowest BCUT2D eigenvalue weighted by atomic mass is 9.64. The summed E-state index contributed by atoms with van der Waals surface area (Å²) >= 11 is 12.0. The van der Waals surface area contributed by atoms with Crippen LogP contribution in [-0.4, -0.2) is 19.0 Å². The molecular formula is C14H19Cl3N2O. The standard InChI is InChI=1S/C14H18Cl2N2O.ClH/c15-11-4-3-10(9-12(11)16)14(5-1-6-14)13(19)18-8-2-7-17;/h3-4,9H,1-2,5-8,17H2,(H,18,19);1H. The summed E-state index contributed by atoms with van der Waals surface area (Å²) in [4.78, 5) is 12.4. The van der Waals surface area contributed by atoms with E-state index >= 15 is 0 Å². The van der Waals surface area contributed by atoms with Crippen molar-refractivity contribution in [3.63, 3.8) is 0 Å². The number of nitrogens with two attached hydrogens (primary N) is 1. The SMILES string of the molecule is Cl.NCCCNC(=O)C1(c2ccc(Cl)c(Cl)c2)CCC1. The third-order valence-electron chi connectivity index (χ3n) is 3.78. The molecule has 1 saturated carbocycles. The van der Waals surface area contributed by atoms with E-state index in [1.54, 1.807) is 6.07 Å². The number of carbonyl (C=O) groups is 1. The fourth-order valence-electron chi connectivity index (χ4n) is 2.44. The molecule has 0 spiro atoms. The summed E-state index contributed by atoms with van der Waals surface area (Å²) in [6, 6.07) is 5.47. The van der Waals surface area contributed by atoms with E-state index in [1.807, 2.05) is 12.1 Å². The van der Waals surface area contributed by atoms with Crippen molar-refractivity contribution in [2.45, 2.75) is 31.1 Å².